The van der Waals surface area contributed by atoms with Crippen molar-refractivity contribution in [3.05, 3.63) is 23.0 Å². The zero-order valence-corrected chi connectivity index (χ0v) is 12.0. The Bertz CT molecular complexity index is 504. The Morgan fingerprint density at radius 3 is 2.05 bits per heavy atom. The van der Waals surface area contributed by atoms with Crippen LogP contribution in [0.3, 0.4) is 0 Å². The van der Waals surface area contributed by atoms with Crippen molar-refractivity contribution in [2.24, 2.45) is 17.8 Å². The van der Waals surface area contributed by atoms with Crippen LogP contribution in [0.25, 0.3) is 0 Å². The van der Waals surface area contributed by atoms with E-state index in [-0.39, 0.29) is 0 Å². The van der Waals surface area contributed by atoms with Gasteiger partial charge in [0.1, 0.15) is 0 Å². The molecule has 2 nitrogen and oxygen atoms in total. The minimum Gasteiger partial charge on any atom is -0.342 e. The fraction of sp³-hybridized carbons (Fsp3) is 0.706. The maximum absolute atomic E-state index is 11.2. The Morgan fingerprint density at radius 1 is 1.11 bits per heavy atom. The van der Waals surface area contributed by atoms with Gasteiger partial charge in [-0.3, -0.25) is 4.79 Å². The molecule has 1 aromatic heterocycles. The standard InChI is InChI=1S/C17H23NO/c1-11-3-16(10-19)12(2)18(11)17-7-13-4-14(8-17)6-15(5-13)9-17/h3,10,13-15H,4-9H2,1-2H3. The van der Waals surface area contributed by atoms with E-state index in [1.807, 2.05) is 0 Å². The molecular weight excluding hydrogens is 234 g/mol. The van der Waals surface area contributed by atoms with Gasteiger partial charge in [-0.2, -0.15) is 0 Å². The highest BCUT2D eigenvalue weighted by molar-refractivity contribution is 5.77. The number of nitrogens with zero attached hydrogens (tertiary/aromatic N) is 1. The van der Waals surface area contributed by atoms with Crippen molar-refractivity contribution in [1.82, 2.24) is 4.57 Å². The number of hydrogen-bond acceptors (Lipinski definition) is 1. The van der Waals surface area contributed by atoms with Gasteiger partial charge in [-0.25, -0.2) is 0 Å². The van der Waals surface area contributed by atoms with Gasteiger partial charge in [0, 0.05) is 22.5 Å². The van der Waals surface area contributed by atoms with E-state index in [1.54, 1.807) is 0 Å². The van der Waals surface area contributed by atoms with E-state index in [4.69, 9.17) is 0 Å². The Kier molecular flexibility index (Phi) is 2.31. The lowest BCUT2D eigenvalue weighted by Crippen LogP contribution is -2.52. The molecule has 4 fully saturated rings. The molecule has 0 unspecified atom stereocenters. The number of hydrogen-bond donors (Lipinski definition) is 0. The van der Waals surface area contributed by atoms with Gasteiger partial charge in [0.2, 0.25) is 0 Å². The van der Waals surface area contributed by atoms with Crippen LogP contribution >= 0.6 is 0 Å². The molecule has 0 atom stereocenters. The summed E-state index contributed by atoms with van der Waals surface area (Å²) in [5, 5.41) is 0. The highest BCUT2D eigenvalue weighted by Crippen LogP contribution is 2.59. The fourth-order valence-electron chi connectivity index (χ4n) is 5.98. The Morgan fingerprint density at radius 2 is 1.63 bits per heavy atom. The van der Waals surface area contributed by atoms with Gasteiger partial charge in [-0.1, -0.05) is 0 Å². The largest absolute Gasteiger partial charge is 0.342 e. The molecule has 4 aliphatic carbocycles. The SMILES string of the molecule is Cc1cc(C=O)c(C)n1C12CC3CC(CC(C3)C1)C2. The number of aryl methyl sites for hydroxylation is 1. The smallest absolute Gasteiger partial charge is 0.151 e. The first-order valence-corrected chi connectivity index (χ1v) is 7.76. The molecule has 2 heteroatoms. The molecule has 4 saturated carbocycles. The molecular formula is C17H23NO. The average Bonchev–Trinajstić information content (AvgIpc) is 2.62. The first-order valence-electron chi connectivity index (χ1n) is 7.76. The maximum Gasteiger partial charge on any atom is 0.151 e. The summed E-state index contributed by atoms with van der Waals surface area (Å²) < 4.78 is 2.54. The third-order valence-corrected chi connectivity index (χ3v) is 6.08. The van der Waals surface area contributed by atoms with E-state index >= 15 is 0 Å². The zero-order valence-electron chi connectivity index (χ0n) is 12.0. The summed E-state index contributed by atoms with van der Waals surface area (Å²) in [5.41, 5.74) is 3.74. The monoisotopic (exact) mass is 257 g/mol. The van der Waals surface area contributed by atoms with Crippen molar-refractivity contribution in [1.29, 1.82) is 0 Å². The van der Waals surface area contributed by atoms with E-state index in [1.165, 1.54) is 49.9 Å². The van der Waals surface area contributed by atoms with Crippen molar-refractivity contribution >= 4 is 6.29 Å². The summed E-state index contributed by atoms with van der Waals surface area (Å²) in [6, 6.07) is 2.08. The second-order valence-electron chi connectivity index (χ2n) is 7.42. The van der Waals surface area contributed by atoms with Crippen LogP contribution in [0, 0.1) is 31.6 Å². The second kappa shape index (κ2) is 3.74. The van der Waals surface area contributed by atoms with Gasteiger partial charge in [0.05, 0.1) is 0 Å². The lowest BCUT2D eigenvalue weighted by atomic mass is 9.53. The molecule has 4 aliphatic rings. The fourth-order valence-corrected chi connectivity index (χ4v) is 5.98. The van der Waals surface area contributed by atoms with Crippen LogP contribution in [0.5, 0.6) is 0 Å². The summed E-state index contributed by atoms with van der Waals surface area (Å²) in [4.78, 5) is 11.2. The normalized spacial score (nSPS) is 39.8. The molecule has 0 amide bonds. The quantitative estimate of drug-likeness (QED) is 0.738. The van der Waals surface area contributed by atoms with Gasteiger partial charge in [-0.15, -0.1) is 0 Å². The minimum atomic E-state index is 0.351. The number of aromatic nitrogens is 1. The Balaban J connectivity index is 1.83. The molecule has 1 heterocycles. The van der Waals surface area contributed by atoms with Crippen molar-refractivity contribution in [3.63, 3.8) is 0 Å². The van der Waals surface area contributed by atoms with E-state index in [2.05, 4.69) is 24.5 Å². The first-order chi connectivity index (χ1) is 9.11. The third kappa shape index (κ3) is 1.52. The molecule has 5 rings (SSSR count). The first kappa shape index (κ1) is 11.7. The van der Waals surface area contributed by atoms with E-state index in [0.717, 1.165) is 29.6 Å². The maximum atomic E-state index is 11.2. The Labute approximate surface area is 115 Å². The molecule has 0 aliphatic heterocycles. The van der Waals surface area contributed by atoms with Gasteiger partial charge in [-0.05, 0) is 76.2 Å². The van der Waals surface area contributed by atoms with Crippen LogP contribution < -0.4 is 0 Å². The van der Waals surface area contributed by atoms with Gasteiger partial charge >= 0.3 is 0 Å². The summed E-state index contributed by atoms with van der Waals surface area (Å²) in [7, 11) is 0. The summed E-state index contributed by atoms with van der Waals surface area (Å²) in [6.07, 6.45) is 9.51. The van der Waals surface area contributed by atoms with Crippen LogP contribution in [0.1, 0.15) is 60.3 Å². The number of aldehydes is 1. The number of rotatable bonds is 2. The zero-order chi connectivity index (χ0) is 13.2. The Hall–Kier alpha value is -1.05. The van der Waals surface area contributed by atoms with Crippen molar-refractivity contribution in [3.8, 4) is 0 Å². The predicted octanol–water partition coefficient (Wildman–Crippen LogP) is 3.84. The molecule has 0 radical (unpaired) electrons. The summed E-state index contributed by atoms with van der Waals surface area (Å²) in [5.74, 6) is 2.85. The molecule has 4 bridgehead atoms. The van der Waals surface area contributed by atoms with Crippen LogP contribution in [-0.2, 0) is 5.54 Å². The lowest BCUT2D eigenvalue weighted by Gasteiger charge is -2.58. The molecule has 19 heavy (non-hydrogen) atoms. The molecule has 1 aromatic rings. The van der Waals surface area contributed by atoms with Gasteiger partial charge in [0.15, 0.2) is 6.29 Å². The molecule has 0 N–H and O–H groups in total. The summed E-state index contributed by atoms with van der Waals surface area (Å²) >= 11 is 0. The van der Waals surface area contributed by atoms with E-state index in [0.29, 0.717) is 5.54 Å². The van der Waals surface area contributed by atoms with Gasteiger partial charge < -0.3 is 4.57 Å². The van der Waals surface area contributed by atoms with Crippen LogP contribution in [0.4, 0.5) is 0 Å². The van der Waals surface area contributed by atoms with E-state index < -0.39 is 0 Å². The van der Waals surface area contributed by atoms with Gasteiger partial charge in [0.25, 0.3) is 0 Å². The highest BCUT2D eigenvalue weighted by atomic mass is 16.1. The average molecular weight is 257 g/mol. The van der Waals surface area contributed by atoms with E-state index in [9.17, 15) is 4.79 Å². The second-order valence-corrected chi connectivity index (χ2v) is 7.42. The lowest BCUT2D eigenvalue weighted by molar-refractivity contribution is -0.0446. The number of carbonyl (C=O) groups is 1. The van der Waals surface area contributed by atoms with Crippen molar-refractivity contribution < 1.29 is 4.79 Å². The van der Waals surface area contributed by atoms with Crippen LogP contribution in [-0.4, -0.2) is 10.9 Å². The molecule has 102 valence electrons. The highest BCUT2D eigenvalue weighted by Gasteiger charge is 2.52. The minimum absolute atomic E-state index is 0.351. The topological polar surface area (TPSA) is 22.0 Å². The van der Waals surface area contributed by atoms with Crippen molar-refractivity contribution in [2.75, 3.05) is 0 Å². The number of carbonyl (C=O) groups excluding carboxylic acids is 1. The molecule has 0 aromatic carbocycles. The van der Waals surface area contributed by atoms with Crippen LogP contribution in [0.15, 0.2) is 6.07 Å². The molecule has 0 spiro atoms. The third-order valence-electron chi connectivity index (χ3n) is 6.08. The summed E-state index contributed by atoms with van der Waals surface area (Å²) in [6.45, 7) is 4.31. The molecule has 0 saturated heterocycles. The van der Waals surface area contributed by atoms with Crippen molar-refractivity contribution in [2.45, 2.75) is 57.9 Å². The van der Waals surface area contributed by atoms with Crippen LogP contribution in [0.2, 0.25) is 0 Å². The predicted molar refractivity (Wildman–Crippen MR) is 75.4 cm³/mol.